The minimum Gasteiger partial charge on any atom is -0.245 e. The van der Waals surface area contributed by atoms with E-state index in [4.69, 9.17) is 11.6 Å². The van der Waals surface area contributed by atoms with Crippen molar-refractivity contribution >= 4 is 11.6 Å². The lowest BCUT2D eigenvalue weighted by Crippen LogP contribution is -2.04. The monoisotopic (exact) mass is 210 g/mol. The summed E-state index contributed by atoms with van der Waals surface area (Å²) in [7, 11) is 0. The van der Waals surface area contributed by atoms with Crippen LogP contribution in [-0.4, -0.2) is 15.3 Å². The van der Waals surface area contributed by atoms with Gasteiger partial charge in [-0.15, -0.1) is 11.6 Å². The molecule has 1 saturated carbocycles. The first kappa shape index (κ1) is 9.91. The summed E-state index contributed by atoms with van der Waals surface area (Å²) < 4.78 is 0. The minimum atomic E-state index is 0.336. The molecule has 14 heavy (non-hydrogen) atoms. The number of halogens is 1. The van der Waals surface area contributed by atoms with E-state index < -0.39 is 0 Å². The van der Waals surface area contributed by atoms with Gasteiger partial charge in [0.1, 0.15) is 6.33 Å². The van der Waals surface area contributed by atoms with Crippen molar-refractivity contribution in [2.24, 2.45) is 0 Å². The first-order chi connectivity index (χ1) is 6.86. The molecule has 0 amide bonds. The molecule has 3 heteroatoms. The zero-order chi connectivity index (χ0) is 9.80. The average Bonchev–Trinajstić information content (AvgIpc) is 2.44. The van der Waals surface area contributed by atoms with E-state index in [0.29, 0.717) is 11.3 Å². The molecule has 0 aromatic carbocycles. The standard InChI is InChI=1S/C11H15ClN2/c12-11-4-2-1-3-9(5-11)10-6-13-8-14-7-10/h6-9,11H,1-5H2. The fourth-order valence-corrected chi connectivity index (χ4v) is 2.49. The van der Waals surface area contributed by atoms with Gasteiger partial charge in [-0.25, -0.2) is 9.97 Å². The van der Waals surface area contributed by atoms with Gasteiger partial charge in [-0.1, -0.05) is 12.8 Å². The van der Waals surface area contributed by atoms with E-state index in [-0.39, 0.29) is 0 Å². The van der Waals surface area contributed by atoms with Crippen LogP contribution < -0.4 is 0 Å². The van der Waals surface area contributed by atoms with Crippen molar-refractivity contribution in [3.63, 3.8) is 0 Å². The zero-order valence-electron chi connectivity index (χ0n) is 8.19. The van der Waals surface area contributed by atoms with Crippen molar-refractivity contribution in [3.8, 4) is 0 Å². The highest BCUT2D eigenvalue weighted by Gasteiger charge is 2.20. The lowest BCUT2D eigenvalue weighted by atomic mass is 9.94. The molecule has 0 saturated heterocycles. The van der Waals surface area contributed by atoms with Crippen molar-refractivity contribution in [1.82, 2.24) is 9.97 Å². The summed E-state index contributed by atoms with van der Waals surface area (Å²) in [5.74, 6) is 0.571. The molecule has 1 aromatic rings. The average molecular weight is 211 g/mol. The molecule has 2 nitrogen and oxygen atoms in total. The number of hydrogen-bond acceptors (Lipinski definition) is 2. The van der Waals surface area contributed by atoms with E-state index in [1.54, 1.807) is 6.33 Å². The van der Waals surface area contributed by atoms with Crippen LogP contribution in [0.1, 0.15) is 43.6 Å². The number of hydrogen-bond donors (Lipinski definition) is 0. The third kappa shape index (κ3) is 2.44. The van der Waals surface area contributed by atoms with Crippen LogP contribution in [-0.2, 0) is 0 Å². The summed E-state index contributed by atoms with van der Waals surface area (Å²) in [6.45, 7) is 0. The van der Waals surface area contributed by atoms with Gasteiger partial charge in [0, 0.05) is 17.8 Å². The summed E-state index contributed by atoms with van der Waals surface area (Å²) in [6.07, 6.45) is 11.4. The summed E-state index contributed by atoms with van der Waals surface area (Å²) in [6, 6.07) is 0. The Morgan fingerprint density at radius 2 is 1.86 bits per heavy atom. The molecule has 1 heterocycles. The normalized spacial score (nSPS) is 28.4. The summed E-state index contributed by atoms with van der Waals surface area (Å²) in [4.78, 5) is 8.12. The van der Waals surface area contributed by atoms with Crippen LogP contribution in [0.25, 0.3) is 0 Å². The van der Waals surface area contributed by atoms with Crippen molar-refractivity contribution < 1.29 is 0 Å². The van der Waals surface area contributed by atoms with Crippen LogP contribution >= 0.6 is 11.6 Å². The van der Waals surface area contributed by atoms with Crippen LogP contribution in [0, 0.1) is 0 Å². The van der Waals surface area contributed by atoms with Crippen LogP contribution in [0.15, 0.2) is 18.7 Å². The SMILES string of the molecule is ClC1CCCCC(c2cncnc2)C1. The molecule has 1 aliphatic carbocycles. The van der Waals surface area contributed by atoms with Crippen LogP contribution in [0.3, 0.4) is 0 Å². The molecule has 76 valence electrons. The molecule has 0 aliphatic heterocycles. The van der Waals surface area contributed by atoms with Crippen LogP contribution in [0.4, 0.5) is 0 Å². The molecule has 1 fully saturated rings. The first-order valence-electron chi connectivity index (χ1n) is 5.25. The number of alkyl halides is 1. The molecular weight excluding hydrogens is 196 g/mol. The maximum absolute atomic E-state index is 6.22. The first-order valence-corrected chi connectivity index (χ1v) is 5.69. The Hall–Kier alpha value is -0.630. The Morgan fingerprint density at radius 3 is 2.64 bits per heavy atom. The summed E-state index contributed by atoms with van der Waals surface area (Å²) in [5, 5.41) is 0.336. The Balaban J connectivity index is 2.09. The minimum absolute atomic E-state index is 0.336. The van der Waals surface area contributed by atoms with E-state index in [0.717, 1.165) is 12.8 Å². The van der Waals surface area contributed by atoms with E-state index in [1.165, 1.54) is 24.8 Å². The molecule has 0 radical (unpaired) electrons. The van der Waals surface area contributed by atoms with Crippen molar-refractivity contribution in [3.05, 3.63) is 24.3 Å². The maximum Gasteiger partial charge on any atom is 0.115 e. The van der Waals surface area contributed by atoms with Crippen LogP contribution in [0.2, 0.25) is 0 Å². The zero-order valence-corrected chi connectivity index (χ0v) is 8.95. The van der Waals surface area contributed by atoms with Crippen molar-refractivity contribution in [1.29, 1.82) is 0 Å². The highest BCUT2D eigenvalue weighted by atomic mass is 35.5. The quantitative estimate of drug-likeness (QED) is 0.526. The van der Waals surface area contributed by atoms with Gasteiger partial charge in [0.15, 0.2) is 0 Å². The molecule has 0 spiro atoms. The topological polar surface area (TPSA) is 25.8 Å². The van der Waals surface area contributed by atoms with E-state index >= 15 is 0 Å². The fourth-order valence-electron chi connectivity index (χ4n) is 2.13. The van der Waals surface area contributed by atoms with E-state index in [9.17, 15) is 0 Å². The molecule has 2 rings (SSSR count). The second-order valence-electron chi connectivity index (χ2n) is 3.99. The molecule has 2 atom stereocenters. The second-order valence-corrected chi connectivity index (χ2v) is 4.60. The van der Waals surface area contributed by atoms with E-state index in [2.05, 4.69) is 9.97 Å². The van der Waals surface area contributed by atoms with Crippen molar-refractivity contribution in [2.75, 3.05) is 0 Å². The maximum atomic E-state index is 6.22. The molecule has 1 aromatic heterocycles. The lowest BCUT2D eigenvalue weighted by molar-refractivity contribution is 0.591. The number of nitrogens with zero attached hydrogens (tertiary/aromatic N) is 2. The molecule has 0 bridgehead atoms. The molecule has 1 aliphatic rings. The molecule has 0 N–H and O–H groups in total. The van der Waals surface area contributed by atoms with Gasteiger partial charge >= 0.3 is 0 Å². The van der Waals surface area contributed by atoms with Gasteiger partial charge in [0.05, 0.1) is 0 Å². The predicted molar refractivity (Wildman–Crippen MR) is 57.5 cm³/mol. The third-order valence-electron chi connectivity index (χ3n) is 2.91. The predicted octanol–water partition coefficient (Wildman–Crippen LogP) is 3.13. The van der Waals surface area contributed by atoms with Gasteiger partial charge in [0.2, 0.25) is 0 Å². The largest absolute Gasteiger partial charge is 0.245 e. The Labute approximate surface area is 89.7 Å². The highest BCUT2D eigenvalue weighted by molar-refractivity contribution is 6.20. The van der Waals surface area contributed by atoms with E-state index in [1.807, 2.05) is 12.4 Å². The van der Waals surface area contributed by atoms with Gasteiger partial charge in [0.25, 0.3) is 0 Å². The van der Waals surface area contributed by atoms with Gasteiger partial charge < -0.3 is 0 Å². The Kier molecular flexibility index (Phi) is 3.35. The fraction of sp³-hybridized carbons (Fsp3) is 0.636. The summed E-state index contributed by atoms with van der Waals surface area (Å²) in [5.41, 5.74) is 1.25. The van der Waals surface area contributed by atoms with Crippen LogP contribution in [0.5, 0.6) is 0 Å². The van der Waals surface area contributed by atoms with Gasteiger partial charge in [-0.2, -0.15) is 0 Å². The number of aromatic nitrogens is 2. The smallest absolute Gasteiger partial charge is 0.115 e. The lowest BCUT2D eigenvalue weighted by Gasteiger charge is -2.15. The third-order valence-corrected chi connectivity index (χ3v) is 3.31. The highest BCUT2D eigenvalue weighted by Crippen LogP contribution is 2.33. The Morgan fingerprint density at radius 1 is 1.14 bits per heavy atom. The van der Waals surface area contributed by atoms with Crippen molar-refractivity contribution in [2.45, 2.75) is 43.4 Å². The number of rotatable bonds is 1. The summed E-state index contributed by atoms with van der Waals surface area (Å²) >= 11 is 6.22. The van der Waals surface area contributed by atoms with Gasteiger partial charge in [-0.05, 0) is 30.7 Å². The second kappa shape index (κ2) is 4.74. The molecular formula is C11H15ClN2. The molecule has 2 unspecified atom stereocenters. The Bertz CT molecular complexity index is 276. The van der Waals surface area contributed by atoms with Gasteiger partial charge in [-0.3, -0.25) is 0 Å².